The number of hydrogen-bond acceptors (Lipinski definition) is 6. The number of rotatable bonds is 5. The summed E-state index contributed by atoms with van der Waals surface area (Å²) in [5.41, 5.74) is 6.33. The zero-order chi connectivity index (χ0) is 24.6. The molecule has 0 radical (unpaired) electrons. The summed E-state index contributed by atoms with van der Waals surface area (Å²) >= 11 is 10.4. The number of fused-ring (bicyclic) bond motifs is 1. The first-order valence-electron chi connectivity index (χ1n) is 11.9. The van der Waals surface area contributed by atoms with E-state index in [0.29, 0.717) is 0 Å². The van der Waals surface area contributed by atoms with E-state index < -0.39 is 0 Å². The second kappa shape index (κ2) is 9.69. The smallest absolute Gasteiger partial charge is 0.0886 e. The number of aryl methyl sites for hydroxylation is 1. The van der Waals surface area contributed by atoms with Gasteiger partial charge in [0.05, 0.1) is 24.8 Å². The Balaban J connectivity index is 1.39. The van der Waals surface area contributed by atoms with Gasteiger partial charge < -0.3 is 10.6 Å². The van der Waals surface area contributed by atoms with Crippen molar-refractivity contribution >= 4 is 57.0 Å². The third-order valence-corrected chi connectivity index (χ3v) is 9.52. The molecule has 4 heterocycles. The van der Waals surface area contributed by atoms with E-state index in [1.807, 2.05) is 47.2 Å². The summed E-state index contributed by atoms with van der Waals surface area (Å²) in [5, 5.41) is 8.88. The van der Waals surface area contributed by atoms with Crippen LogP contribution in [-0.4, -0.2) is 12.7 Å². The van der Waals surface area contributed by atoms with Crippen molar-refractivity contribution in [2.75, 3.05) is 0 Å². The maximum atomic E-state index is 6.66. The van der Waals surface area contributed by atoms with Crippen LogP contribution in [0.1, 0.15) is 44.1 Å². The highest BCUT2D eigenvalue weighted by Crippen LogP contribution is 2.44. The lowest BCUT2D eigenvalue weighted by Gasteiger charge is -2.18. The predicted molar refractivity (Wildman–Crippen MR) is 156 cm³/mol. The maximum absolute atomic E-state index is 6.66. The molecule has 0 saturated carbocycles. The van der Waals surface area contributed by atoms with E-state index in [-0.39, 0.29) is 12.1 Å². The Kier molecular flexibility index (Phi) is 6.25. The van der Waals surface area contributed by atoms with Crippen LogP contribution >= 0.6 is 34.3 Å². The number of halogens is 1. The van der Waals surface area contributed by atoms with E-state index in [1.165, 1.54) is 47.0 Å². The molecule has 180 valence electrons. The third kappa shape index (κ3) is 4.19. The Labute approximate surface area is 223 Å². The molecule has 2 atom stereocenters. The van der Waals surface area contributed by atoms with Crippen molar-refractivity contribution in [1.29, 1.82) is 0 Å². The molecule has 0 spiro atoms. The first kappa shape index (κ1) is 23.2. The summed E-state index contributed by atoms with van der Waals surface area (Å²) in [4.78, 5) is 12.3. The Morgan fingerprint density at radius 3 is 2.31 bits per heavy atom. The van der Waals surface area contributed by atoms with Gasteiger partial charge in [0.2, 0.25) is 0 Å². The molecule has 2 aliphatic rings. The normalized spacial score (nSPS) is 18.5. The molecule has 2 aromatic carbocycles. The SMILES string of the molecule is Cc1sc2cc(Cc3sc(-c4ccccc4Cl)c(C4C=CN=CN4)c3C)ccc2c1[C@@H]1C=CN=CN1. The van der Waals surface area contributed by atoms with Crippen LogP contribution in [0.25, 0.3) is 20.5 Å². The average molecular weight is 529 g/mol. The molecule has 2 aliphatic heterocycles. The van der Waals surface area contributed by atoms with E-state index >= 15 is 0 Å². The predicted octanol–water partition coefficient (Wildman–Crippen LogP) is 7.86. The molecule has 36 heavy (non-hydrogen) atoms. The maximum Gasteiger partial charge on any atom is 0.0886 e. The van der Waals surface area contributed by atoms with E-state index in [9.17, 15) is 0 Å². The van der Waals surface area contributed by atoms with Gasteiger partial charge in [-0.3, -0.25) is 0 Å². The molecule has 0 amide bonds. The minimum Gasteiger partial charge on any atom is -0.366 e. The molecule has 4 nitrogen and oxygen atoms in total. The van der Waals surface area contributed by atoms with E-state index in [2.05, 4.69) is 76.9 Å². The lowest BCUT2D eigenvalue weighted by Crippen LogP contribution is -2.20. The van der Waals surface area contributed by atoms with E-state index in [1.54, 1.807) is 12.7 Å². The molecular weight excluding hydrogens is 504 g/mol. The molecule has 0 saturated heterocycles. The van der Waals surface area contributed by atoms with Gasteiger partial charge in [0.15, 0.2) is 0 Å². The van der Waals surface area contributed by atoms with Crippen LogP contribution in [0.15, 0.2) is 77.0 Å². The van der Waals surface area contributed by atoms with Gasteiger partial charge in [0.1, 0.15) is 0 Å². The zero-order valence-electron chi connectivity index (χ0n) is 20.0. The molecule has 1 unspecified atom stereocenters. The lowest BCUT2D eigenvalue weighted by atomic mass is 9.96. The van der Waals surface area contributed by atoms with Gasteiger partial charge >= 0.3 is 0 Å². The van der Waals surface area contributed by atoms with Crippen molar-refractivity contribution in [3.63, 3.8) is 0 Å². The topological polar surface area (TPSA) is 48.8 Å². The van der Waals surface area contributed by atoms with Crippen LogP contribution in [0.2, 0.25) is 5.02 Å². The van der Waals surface area contributed by atoms with Crippen LogP contribution in [0, 0.1) is 13.8 Å². The van der Waals surface area contributed by atoms with Crippen molar-refractivity contribution in [2.24, 2.45) is 9.98 Å². The molecule has 0 bridgehead atoms. The fraction of sp³-hybridized carbons (Fsp3) is 0.172. The summed E-state index contributed by atoms with van der Waals surface area (Å²) in [6, 6.07) is 15.3. The minimum atomic E-state index is 0.0725. The summed E-state index contributed by atoms with van der Waals surface area (Å²) in [5.74, 6) is 0. The lowest BCUT2D eigenvalue weighted by molar-refractivity contribution is 0.788. The van der Waals surface area contributed by atoms with E-state index in [0.717, 1.165) is 17.0 Å². The Morgan fingerprint density at radius 1 is 0.889 bits per heavy atom. The Bertz CT molecular complexity index is 1570. The number of nitrogens with zero attached hydrogens (tertiary/aromatic N) is 2. The Hall–Kier alpha value is -3.19. The van der Waals surface area contributed by atoms with Crippen LogP contribution in [0.3, 0.4) is 0 Å². The molecule has 7 heteroatoms. The van der Waals surface area contributed by atoms with Gasteiger partial charge in [-0.25, -0.2) is 9.98 Å². The largest absolute Gasteiger partial charge is 0.366 e. The molecule has 2 aromatic heterocycles. The number of thiophene rings is 2. The van der Waals surface area contributed by atoms with Crippen LogP contribution in [-0.2, 0) is 6.42 Å². The highest BCUT2D eigenvalue weighted by Gasteiger charge is 2.24. The molecule has 6 rings (SSSR count). The van der Waals surface area contributed by atoms with Crippen molar-refractivity contribution in [3.05, 3.63) is 104 Å². The van der Waals surface area contributed by atoms with Gasteiger partial charge in [-0.2, -0.15) is 0 Å². The van der Waals surface area contributed by atoms with Gasteiger partial charge in [-0.05, 0) is 60.2 Å². The van der Waals surface area contributed by atoms with E-state index in [4.69, 9.17) is 11.6 Å². The highest BCUT2D eigenvalue weighted by molar-refractivity contribution is 7.19. The third-order valence-electron chi connectivity index (χ3n) is 6.76. The van der Waals surface area contributed by atoms with Crippen molar-refractivity contribution in [1.82, 2.24) is 10.6 Å². The molecule has 4 aromatic rings. The fourth-order valence-corrected chi connectivity index (χ4v) is 7.89. The summed E-state index contributed by atoms with van der Waals surface area (Å²) in [6.45, 7) is 4.44. The minimum absolute atomic E-state index is 0.0725. The standard InChI is InChI=1S/C29H25ClN4S2/c1-17-25(36-29(20-5-3-4-6-22(20)30)27(17)23-9-11-31-15-33-23)13-19-7-8-21-26(14-19)35-18(2)28(21)24-10-12-32-16-34-24/h3-12,14-16,23-24H,13H2,1-2H3,(H,31,33)(H,32,34)/t23?,24-/m0/s1. The van der Waals surface area contributed by atoms with Crippen LogP contribution in [0.4, 0.5) is 0 Å². The van der Waals surface area contributed by atoms with Gasteiger partial charge in [-0.1, -0.05) is 41.9 Å². The van der Waals surface area contributed by atoms with Crippen molar-refractivity contribution in [2.45, 2.75) is 32.4 Å². The second-order valence-corrected chi connectivity index (χ2v) is 11.7. The molecule has 2 N–H and O–H groups in total. The number of hydrogen-bond donors (Lipinski definition) is 2. The summed E-state index contributed by atoms with van der Waals surface area (Å²) < 4.78 is 1.33. The molecule has 0 fully saturated rings. The first-order valence-corrected chi connectivity index (χ1v) is 13.9. The average Bonchev–Trinajstić information content (AvgIpc) is 3.40. The van der Waals surface area contributed by atoms with Crippen molar-refractivity contribution < 1.29 is 0 Å². The van der Waals surface area contributed by atoms with Crippen molar-refractivity contribution in [3.8, 4) is 10.4 Å². The summed E-state index contributed by atoms with van der Waals surface area (Å²) in [7, 11) is 0. The van der Waals surface area contributed by atoms with Crippen LogP contribution in [0.5, 0.6) is 0 Å². The second-order valence-electron chi connectivity index (χ2n) is 8.98. The van der Waals surface area contributed by atoms with Crippen LogP contribution < -0.4 is 10.6 Å². The zero-order valence-corrected chi connectivity index (χ0v) is 22.3. The Morgan fingerprint density at radius 2 is 1.61 bits per heavy atom. The van der Waals surface area contributed by atoms with Gasteiger partial charge in [0.25, 0.3) is 0 Å². The van der Waals surface area contributed by atoms with Gasteiger partial charge in [-0.15, -0.1) is 22.7 Å². The number of nitrogens with one attached hydrogen (secondary N) is 2. The number of aliphatic imine (C=N–C) groups is 2. The monoisotopic (exact) mass is 528 g/mol. The van der Waals surface area contributed by atoms with Gasteiger partial charge in [0, 0.05) is 54.3 Å². The number of benzene rings is 2. The fourth-order valence-electron chi connectivity index (χ4n) is 5.00. The highest BCUT2D eigenvalue weighted by atomic mass is 35.5. The quantitative estimate of drug-likeness (QED) is 0.277. The molecule has 0 aliphatic carbocycles. The molecular formula is C29H25ClN4S2. The first-order chi connectivity index (χ1) is 17.6. The summed E-state index contributed by atoms with van der Waals surface area (Å²) in [6.07, 6.45) is 12.4.